The molecule has 1 aliphatic carbocycles. The largest absolute Gasteiger partial charge is 0.299 e. The zero-order chi connectivity index (χ0) is 17.1. The summed E-state index contributed by atoms with van der Waals surface area (Å²) in [7, 11) is 0. The molecule has 0 amide bonds. The predicted octanol–water partition coefficient (Wildman–Crippen LogP) is 0.323. The molecule has 0 atom stereocenters. The van der Waals surface area contributed by atoms with Gasteiger partial charge in [-0.15, -0.1) is 0 Å². The Kier molecular flexibility index (Phi) is 4.89. The van der Waals surface area contributed by atoms with E-state index in [4.69, 9.17) is 0 Å². The first-order valence-corrected chi connectivity index (χ1v) is 9.09. The summed E-state index contributed by atoms with van der Waals surface area (Å²) in [4.78, 5) is 17.0. The third kappa shape index (κ3) is 3.96. The van der Waals surface area contributed by atoms with Crippen LogP contribution >= 0.6 is 0 Å². The van der Waals surface area contributed by atoms with Crippen molar-refractivity contribution in [3.63, 3.8) is 0 Å². The second-order valence-corrected chi connectivity index (χ2v) is 6.90. The molecule has 0 bridgehead atoms. The van der Waals surface area contributed by atoms with Gasteiger partial charge in [0.1, 0.15) is 5.69 Å². The molecule has 0 N–H and O–H groups in total. The third-order valence-electron chi connectivity index (χ3n) is 5.16. The quantitative estimate of drug-likeness (QED) is 0.773. The molecule has 0 spiro atoms. The lowest BCUT2D eigenvalue weighted by molar-refractivity contribution is 0.120. The molecule has 2 aromatic heterocycles. The summed E-state index contributed by atoms with van der Waals surface area (Å²) in [5.41, 5.74) is 3.19. The number of rotatable bonds is 5. The number of piperazine rings is 1. The van der Waals surface area contributed by atoms with Crippen LogP contribution in [0.1, 0.15) is 29.8 Å². The van der Waals surface area contributed by atoms with Gasteiger partial charge in [-0.25, -0.2) is 9.31 Å². The molecule has 0 saturated carbocycles. The number of aryl methyl sites for hydroxylation is 2. The van der Waals surface area contributed by atoms with Gasteiger partial charge in [-0.1, -0.05) is 10.3 Å². The van der Waals surface area contributed by atoms with E-state index in [-0.39, 0.29) is 5.56 Å². The first-order chi connectivity index (χ1) is 12.3. The van der Waals surface area contributed by atoms with Gasteiger partial charge in [-0.05, 0) is 31.2 Å². The summed E-state index contributed by atoms with van der Waals surface area (Å²) < 4.78 is 6.29. The highest BCUT2D eigenvalue weighted by Crippen LogP contribution is 2.16. The number of fused-ring (bicyclic) bond motifs is 1. The van der Waals surface area contributed by atoms with Crippen LogP contribution in [0.3, 0.4) is 0 Å². The first-order valence-electron chi connectivity index (χ1n) is 9.09. The van der Waals surface area contributed by atoms with Crippen LogP contribution in [0, 0.1) is 0 Å². The van der Waals surface area contributed by atoms with Crippen LogP contribution in [0.4, 0.5) is 0 Å². The molecule has 1 saturated heterocycles. The highest BCUT2D eigenvalue weighted by atomic mass is 16.6. The van der Waals surface area contributed by atoms with Crippen molar-refractivity contribution in [3.8, 4) is 0 Å². The minimum absolute atomic E-state index is 0.0396. The highest BCUT2D eigenvalue weighted by molar-refractivity contribution is 5.20. The van der Waals surface area contributed by atoms with Crippen LogP contribution in [-0.2, 0) is 25.9 Å². The monoisotopic (exact) mass is 344 g/mol. The molecule has 25 heavy (non-hydrogen) atoms. The summed E-state index contributed by atoms with van der Waals surface area (Å²) in [5.74, 6) is 0. The molecule has 0 radical (unpaired) electrons. The van der Waals surface area contributed by atoms with Gasteiger partial charge in [0.15, 0.2) is 0 Å². The first kappa shape index (κ1) is 16.4. The van der Waals surface area contributed by atoms with E-state index >= 15 is 0 Å². The standard InChI is InChI=1S/C17H24N6O2/c24-17-11-14-3-1-2-4-16(14)19-23(17)10-9-21-5-7-22(8-6-21)13-15-12-18-25-20-15/h11-12H,1-10,13H2. The van der Waals surface area contributed by atoms with E-state index < -0.39 is 0 Å². The van der Waals surface area contributed by atoms with Gasteiger partial charge in [-0.2, -0.15) is 5.10 Å². The Hall–Kier alpha value is -2.06. The molecule has 0 unspecified atom stereocenters. The van der Waals surface area contributed by atoms with E-state index in [2.05, 4.69) is 29.8 Å². The van der Waals surface area contributed by atoms with E-state index in [1.807, 2.05) is 0 Å². The molecule has 1 fully saturated rings. The van der Waals surface area contributed by atoms with Crippen molar-refractivity contribution in [1.82, 2.24) is 29.9 Å². The summed E-state index contributed by atoms with van der Waals surface area (Å²) in [6.07, 6.45) is 6.03. The molecule has 2 aromatic rings. The Morgan fingerprint density at radius 2 is 1.84 bits per heavy atom. The van der Waals surface area contributed by atoms with Gasteiger partial charge < -0.3 is 0 Å². The highest BCUT2D eigenvalue weighted by Gasteiger charge is 2.19. The third-order valence-corrected chi connectivity index (χ3v) is 5.16. The normalized spacial score (nSPS) is 19.0. The average Bonchev–Trinajstić information content (AvgIpc) is 3.14. The lowest BCUT2D eigenvalue weighted by atomic mass is 9.97. The fourth-order valence-electron chi connectivity index (χ4n) is 3.65. The molecule has 1 aliphatic heterocycles. The molecule has 134 valence electrons. The maximum Gasteiger partial charge on any atom is 0.267 e. The van der Waals surface area contributed by atoms with Crippen molar-refractivity contribution in [2.75, 3.05) is 32.7 Å². The molecule has 4 rings (SSSR count). The van der Waals surface area contributed by atoms with Gasteiger partial charge in [0.2, 0.25) is 0 Å². The van der Waals surface area contributed by atoms with Crippen molar-refractivity contribution in [1.29, 1.82) is 0 Å². The number of aromatic nitrogens is 4. The molecular weight excluding hydrogens is 320 g/mol. The zero-order valence-corrected chi connectivity index (χ0v) is 14.4. The zero-order valence-electron chi connectivity index (χ0n) is 14.4. The summed E-state index contributed by atoms with van der Waals surface area (Å²) in [6, 6.07) is 1.80. The Labute approximate surface area is 146 Å². The Balaban J connectivity index is 1.29. The number of nitrogens with zero attached hydrogens (tertiary/aromatic N) is 6. The minimum atomic E-state index is 0.0396. The number of hydrogen-bond acceptors (Lipinski definition) is 7. The van der Waals surface area contributed by atoms with Gasteiger partial charge in [0.25, 0.3) is 5.56 Å². The minimum Gasteiger partial charge on any atom is -0.299 e. The van der Waals surface area contributed by atoms with Crippen LogP contribution in [0.25, 0.3) is 0 Å². The molecule has 3 heterocycles. The predicted molar refractivity (Wildman–Crippen MR) is 91.2 cm³/mol. The topological polar surface area (TPSA) is 80.3 Å². The second-order valence-electron chi connectivity index (χ2n) is 6.90. The average molecular weight is 344 g/mol. The lowest BCUT2D eigenvalue weighted by Gasteiger charge is -2.34. The van der Waals surface area contributed by atoms with Crippen molar-refractivity contribution in [3.05, 3.63) is 39.6 Å². The fraction of sp³-hybridized carbons (Fsp3) is 0.647. The van der Waals surface area contributed by atoms with Gasteiger partial charge >= 0.3 is 0 Å². The van der Waals surface area contributed by atoms with Crippen LogP contribution in [0.2, 0.25) is 0 Å². The van der Waals surface area contributed by atoms with Crippen molar-refractivity contribution in [2.24, 2.45) is 0 Å². The van der Waals surface area contributed by atoms with Gasteiger partial charge in [0, 0.05) is 45.3 Å². The molecule has 0 aromatic carbocycles. The SMILES string of the molecule is O=c1cc2c(nn1CCN1CCN(Cc3cnon3)CC1)CCCC2. The Bertz CT molecular complexity index is 749. The van der Waals surface area contributed by atoms with Crippen LogP contribution in [-0.4, -0.2) is 62.6 Å². The molecule has 2 aliphatic rings. The molecule has 8 heteroatoms. The van der Waals surface area contributed by atoms with Crippen LogP contribution < -0.4 is 5.56 Å². The number of hydrogen-bond donors (Lipinski definition) is 0. The Morgan fingerprint density at radius 3 is 2.64 bits per heavy atom. The van der Waals surface area contributed by atoms with E-state index in [0.717, 1.165) is 69.1 Å². The van der Waals surface area contributed by atoms with Crippen molar-refractivity contribution >= 4 is 0 Å². The second kappa shape index (κ2) is 7.45. The smallest absolute Gasteiger partial charge is 0.267 e. The van der Waals surface area contributed by atoms with E-state index in [1.54, 1.807) is 16.9 Å². The summed E-state index contributed by atoms with van der Waals surface area (Å²) in [5, 5.41) is 12.1. The van der Waals surface area contributed by atoms with Crippen LogP contribution in [0.15, 0.2) is 21.7 Å². The summed E-state index contributed by atoms with van der Waals surface area (Å²) >= 11 is 0. The summed E-state index contributed by atoms with van der Waals surface area (Å²) in [6.45, 7) is 6.27. The molecular formula is C17H24N6O2. The fourth-order valence-corrected chi connectivity index (χ4v) is 3.65. The van der Waals surface area contributed by atoms with E-state index in [9.17, 15) is 4.79 Å². The van der Waals surface area contributed by atoms with Crippen molar-refractivity contribution < 1.29 is 4.63 Å². The Morgan fingerprint density at radius 1 is 1.04 bits per heavy atom. The van der Waals surface area contributed by atoms with E-state index in [0.29, 0.717) is 6.54 Å². The van der Waals surface area contributed by atoms with Gasteiger partial charge in [-0.3, -0.25) is 14.6 Å². The maximum atomic E-state index is 12.2. The molecule has 8 nitrogen and oxygen atoms in total. The maximum absolute atomic E-state index is 12.2. The van der Waals surface area contributed by atoms with Gasteiger partial charge in [0.05, 0.1) is 18.4 Å². The van der Waals surface area contributed by atoms with Crippen LogP contribution in [0.5, 0.6) is 0 Å². The lowest BCUT2D eigenvalue weighted by Crippen LogP contribution is -2.47. The van der Waals surface area contributed by atoms with Crippen molar-refractivity contribution in [2.45, 2.75) is 38.8 Å². The van der Waals surface area contributed by atoms with E-state index in [1.165, 1.54) is 12.8 Å².